The van der Waals surface area contributed by atoms with Crippen molar-refractivity contribution >= 4 is 10.1 Å². The molecular weight excluding hydrogens is 280 g/mol. The molecular formula is C10H22O8S. The Hall–Kier alpha value is -0.290. The van der Waals surface area contributed by atoms with E-state index in [1.807, 2.05) is 0 Å². The molecule has 0 aliphatic rings. The highest BCUT2D eigenvalue weighted by Crippen LogP contribution is 2.14. The van der Waals surface area contributed by atoms with Crippen LogP contribution in [0.4, 0.5) is 0 Å². The van der Waals surface area contributed by atoms with Gasteiger partial charge in [0, 0.05) is 19.6 Å². The van der Waals surface area contributed by atoms with Gasteiger partial charge in [0.15, 0.2) is 0 Å². The topological polar surface area (TPSA) is 123 Å². The van der Waals surface area contributed by atoms with Crippen molar-refractivity contribution in [2.75, 3.05) is 39.6 Å². The zero-order chi connectivity index (χ0) is 14.7. The van der Waals surface area contributed by atoms with Crippen LogP contribution in [0, 0.1) is 0 Å². The molecule has 0 spiro atoms. The third-order valence-electron chi connectivity index (χ3n) is 2.13. The molecule has 0 bridgehead atoms. The number of rotatable bonds is 12. The van der Waals surface area contributed by atoms with E-state index in [0.717, 1.165) is 0 Å². The summed E-state index contributed by atoms with van der Waals surface area (Å²) in [4.78, 5) is 0. The summed E-state index contributed by atoms with van der Waals surface area (Å²) in [5.41, 5.74) is -1.57. The maximum atomic E-state index is 11.2. The highest BCUT2D eigenvalue weighted by atomic mass is 32.2. The predicted octanol–water partition coefficient (Wildman–Crippen LogP) is -0.987. The zero-order valence-corrected chi connectivity index (χ0v) is 11.7. The van der Waals surface area contributed by atoms with Crippen LogP contribution >= 0.6 is 0 Å². The molecule has 8 nitrogen and oxygen atoms in total. The SMILES string of the molecule is CCOC(CCOCCO)C(OCCO)S(=O)(=O)O. The quantitative estimate of drug-likeness (QED) is 0.310. The van der Waals surface area contributed by atoms with Gasteiger partial charge in [0.1, 0.15) is 6.10 Å². The Bertz CT molecular complexity index is 305. The summed E-state index contributed by atoms with van der Waals surface area (Å²) >= 11 is 0. The third kappa shape index (κ3) is 8.47. The second kappa shape index (κ2) is 10.5. The third-order valence-corrected chi connectivity index (χ3v) is 3.16. The Labute approximate surface area is 113 Å². The van der Waals surface area contributed by atoms with Crippen LogP contribution in [0.3, 0.4) is 0 Å². The standard InChI is InChI=1S/C10H22O8S/c1-2-17-9(3-6-16-7-4-11)10(18-8-5-12)19(13,14)15/h9-12H,2-8H2,1H3,(H,13,14,15). The maximum Gasteiger partial charge on any atom is 0.294 e. The minimum Gasteiger partial charge on any atom is -0.394 e. The van der Waals surface area contributed by atoms with Crippen molar-refractivity contribution in [3.8, 4) is 0 Å². The number of ether oxygens (including phenoxy) is 3. The van der Waals surface area contributed by atoms with Crippen LogP contribution in [0.25, 0.3) is 0 Å². The fourth-order valence-electron chi connectivity index (χ4n) is 1.43. The summed E-state index contributed by atoms with van der Waals surface area (Å²) in [6, 6.07) is 0. The largest absolute Gasteiger partial charge is 0.394 e. The van der Waals surface area contributed by atoms with E-state index in [1.54, 1.807) is 6.92 Å². The van der Waals surface area contributed by atoms with E-state index in [4.69, 9.17) is 29.0 Å². The van der Waals surface area contributed by atoms with Gasteiger partial charge in [-0.05, 0) is 6.92 Å². The lowest BCUT2D eigenvalue weighted by Crippen LogP contribution is -2.39. The van der Waals surface area contributed by atoms with Gasteiger partial charge in [-0.3, -0.25) is 4.55 Å². The van der Waals surface area contributed by atoms with Crippen molar-refractivity contribution in [2.24, 2.45) is 0 Å². The van der Waals surface area contributed by atoms with E-state index in [1.165, 1.54) is 0 Å². The smallest absolute Gasteiger partial charge is 0.294 e. The molecule has 0 amide bonds. The second-order valence-corrected chi connectivity index (χ2v) is 5.09. The van der Waals surface area contributed by atoms with Crippen LogP contribution in [0.15, 0.2) is 0 Å². The number of hydrogen-bond donors (Lipinski definition) is 3. The summed E-state index contributed by atoms with van der Waals surface area (Å²) in [5.74, 6) is 0. The first-order valence-electron chi connectivity index (χ1n) is 5.96. The average Bonchev–Trinajstić information content (AvgIpc) is 2.33. The molecule has 2 unspecified atom stereocenters. The molecule has 0 radical (unpaired) electrons. The van der Waals surface area contributed by atoms with Gasteiger partial charge in [0.25, 0.3) is 10.1 Å². The van der Waals surface area contributed by atoms with Crippen LogP contribution in [0.5, 0.6) is 0 Å². The van der Waals surface area contributed by atoms with Crippen molar-refractivity contribution in [3.63, 3.8) is 0 Å². The minimum atomic E-state index is -4.46. The normalized spacial score (nSPS) is 15.4. The molecule has 0 heterocycles. The molecule has 9 heteroatoms. The number of hydrogen-bond acceptors (Lipinski definition) is 7. The van der Waals surface area contributed by atoms with Crippen molar-refractivity contribution in [1.82, 2.24) is 0 Å². The van der Waals surface area contributed by atoms with E-state index < -0.39 is 21.7 Å². The zero-order valence-electron chi connectivity index (χ0n) is 10.9. The summed E-state index contributed by atoms with van der Waals surface area (Å²) in [5, 5.41) is 17.2. The first kappa shape index (κ1) is 18.7. The van der Waals surface area contributed by atoms with Crippen molar-refractivity contribution < 1.29 is 37.4 Å². The van der Waals surface area contributed by atoms with E-state index in [-0.39, 0.29) is 46.1 Å². The highest BCUT2D eigenvalue weighted by molar-refractivity contribution is 7.86. The lowest BCUT2D eigenvalue weighted by atomic mass is 10.3. The van der Waals surface area contributed by atoms with E-state index in [9.17, 15) is 8.42 Å². The number of aliphatic hydroxyl groups is 2. The van der Waals surface area contributed by atoms with Gasteiger partial charge in [-0.1, -0.05) is 0 Å². The molecule has 0 saturated heterocycles. The summed E-state index contributed by atoms with van der Waals surface area (Å²) < 4.78 is 46.7. The second-order valence-electron chi connectivity index (χ2n) is 3.60. The molecule has 0 aromatic heterocycles. The van der Waals surface area contributed by atoms with E-state index >= 15 is 0 Å². The first-order valence-corrected chi connectivity index (χ1v) is 7.46. The fourth-order valence-corrected chi connectivity index (χ4v) is 2.30. The summed E-state index contributed by atoms with van der Waals surface area (Å²) in [7, 11) is -4.46. The molecule has 0 fully saturated rings. The van der Waals surface area contributed by atoms with Gasteiger partial charge in [-0.2, -0.15) is 8.42 Å². The van der Waals surface area contributed by atoms with Crippen LogP contribution < -0.4 is 0 Å². The van der Waals surface area contributed by atoms with Crippen LogP contribution in [0.2, 0.25) is 0 Å². The first-order chi connectivity index (χ1) is 8.97. The molecule has 19 heavy (non-hydrogen) atoms. The Morgan fingerprint density at radius 3 is 2.16 bits per heavy atom. The van der Waals surface area contributed by atoms with Gasteiger partial charge in [-0.15, -0.1) is 0 Å². The highest BCUT2D eigenvalue weighted by Gasteiger charge is 2.33. The van der Waals surface area contributed by atoms with Gasteiger partial charge in [0.05, 0.1) is 26.4 Å². The Morgan fingerprint density at radius 2 is 1.68 bits per heavy atom. The molecule has 3 N–H and O–H groups in total. The van der Waals surface area contributed by atoms with Gasteiger partial charge in [0.2, 0.25) is 5.44 Å². The molecule has 116 valence electrons. The average molecular weight is 302 g/mol. The Balaban J connectivity index is 4.56. The Morgan fingerprint density at radius 1 is 1.05 bits per heavy atom. The molecule has 0 aliphatic carbocycles. The van der Waals surface area contributed by atoms with Crippen molar-refractivity contribution in [1.29, 1.82) is 0 Å². The lowest BCUT2D eigenvalue weighted by molar-refractivity contribution is -0.0570. The minimum absolute atomic E-state index is 0.132. The van der Waals surface area contributed by atoms with E-state index in [0.29, 0.717) is 0 Å². The van der Waals surface area contributed by atoms with Crippen LogP contribution in [0.1, 0.15) is 13.3 Å². The molecule has 2 atom stereocenters. The van der Waals surface area contributed by atoms with Crippen molar-refractivity contribution in [3.05, 3.63) is 0 Å². The molecule has 0 aromatic carbocycles. The van der Waals surface area contributed by atoms with Gasteiger partial charge < -0.3 is 24.4 Å². The summed E-state index contributed by atoms with van der Waals surface area (Å²) in [6.45, 7) is 1.46. The fraction of sp³-hybridized carbons (Fsp3) is 1.00. The van der Waals surface area contributed by atoms with Gasteiger partial charge >= 0.3 is 0 Å². The Kier molecular flexibility index (Phi) is 10.3. The van der Waals surface area contributed by atoms with Crippen LogP contribution in [-0.2, 0) is 24.3 Å². The predicted molar refractivity (Wildman–Crippen MR) is 66.3 cm³/mol. The van der Waals surface area contributed by atoms with E-state index in [2.05, 4.69) is 0 Å². The molecule has 0 saturated carbocycles. The monoisotopic (exact) mass is 302 g/mol. The van der Waals surface area contributed by atoms with Crippen LogP contribution in [-0.4, -0.2) is 74.4 Å². The molecule has 0 aromatic rings. The maximum absolute atomic E-state index is 11.2. The van der Waals surface area contributed by atoms with Gasteiger partial charge in [-0.25, -0.2) is 0 Å². The van der Waals surface area contributed by atoms with Crippen molar-refractivity contribution in [2.45, 2.75) is 24.9 Å². The molecule has 0 aliphatic heterocycles. The number of aliphatic hydroxyl groups excluding tert-OH is 2. The lowest BCUT2D eigenvalue weighted by Gasteiger charge is -2.24. The summed E-state index contributed by atoms with van der Waals surface area (Å²) in [6.07, 6.45) is -0.741. The molecule has 0 rings (SSSR count).